The zero-order chi connectivity index (χ0) is 19.9. The first-order valence-electron chi connectivity index (χ1n) is 8.61. The number of nitrogens with one attached hydrogen (secondary N) is 1. The Hall–Kier alpha value is -3.61. The molecule has 0 unspecified atom stereocenters. The van der Waals surface area contributed by atoms with Crippen molar-refractivity contribution in [2.75, 3.05) is 20.8 Å². The number of pyridine rings is 1. The summed E-state index contributed by atoms with van der Waals surface area (Å²) in [5.41, 5.74) is 1.68. The van der Waals surface area contributed by atoms with Gasteiger partial charge in [-0.25, -0.2) is 9.78 Å². The fourth-order valence-corrected chi connectivity index (χ4v) is 2.63. The SMILES string of the molecule is COc1ccc(CNC(=O)COC(=O)c2ccc3ccccc3n2)cc1OC. The van der Waals surface area contributed by atoms with Gasteiger partial charge in [-0.1, -0.05) is 30.3 Å². The van der Waals surface area contributed by atoms with Gasteiger partial charge in [0, 0.05) is 11.9 Å². The van der Waals surface area contributed by atoms with Crippen molar-refractivity contribution in [2.45, 2.75) is 6.54 Å². The molecule has 1 amide bonds. The summed E-state index contributed by atoms with van der Waals surface area (Å²) in [4.78, 5) is 28.4. The largest absolute Gasteiger partial charge is 0.493 e. The van der Waals surface area contributed by atoms with Gasteiger partial charge in [0.05, 0.1) is 19.7 Å². The minimum Gasteiger partial charge on any atom is -0.493 e. The van der Waals surface area contributed by atoms with Crippen LogP contribution in [0.15, 0.2) is 54.6 Å². The number of methoxy groups -OCH3 is 2. The highest BCUT2D eigenvalue weighted by molar-refractivity contribution is 5.92. The second-order valence-corrected chi connectivity index (χ2v) is 5.93. The quantitative estimate of drug-likeness (QED) is 0.634. The van der Waals surface area contributed by atoms with Crippen LogP contribution >= 0.6 is 0 Å². The molecule has 2 aromatic carbocycles. The zero-order valence-corrected chi connectivity index (χ0v) is 15.6. The summed E-state index contributed by atoms with van der Waals surface area (Å²) >= 11 is 0. The standard InChI is InChI=1S/C21H20N2O5/c1-26-18-10-7-14(11-19(18)27-2)12-22-20(24)13-28-21(25)17-9-8-15-5-3-4-6-16(15)23-17/h3-11H,12-13H2,1-2H3,(H,22,24). The molecule has 0 bridgehead atoms. The van der Waals surface area contributed by atoms with Gasteiger partial charge in [-0.05, 0) is 29.8 Å². The molecule has 7 nitrogen and oxygen atoms in total. The Bertz CT molecular complexity index is 1000. The molecule has 0 saturated carbocycles. The summed E-state index contributed by atoms with van der Waals surface area (Å²) in [5.74, 6) is 0.119. The third-order valence-electron chi connectivity index (χ3n) is 4.08. The molecule has 1 aromatic heterocycles. The summed E-state index contributed by atoms with van der Waals surface area (Å²) in [6.07, 6.45) is 0. The van der Waals surface area contributed by atoms with Crippen LogP contribution < -0.4 is 14.8 Å². The minimum absolute atomic E-state index is 0.159. The molecule has 144 valence electrons. The molecule has 0 radical (unpaired) electrons. The van der Waals surface area contributed by atoms with Gasteiger partial charge in [0.2, 0.25) is 0 Å². The van der Waals surface area contributed by atoms with Crippen molar-refractivity contribution >= 4 is 22.8 Å². The molecule has 0 aliphatic carbocycles. The number of fused-ring (bicyclic) bond motifs is 1. The molecule has 0 spiro atoms. The monoisotopic (exact) mass is 380 g/mol. The van der Waals surface area contributed by atoms with Gasteiger partial charge in [0.25, 0.3) is 5.91 Å². The number of nitrogens with zero attached hydrogens (tertiary/aromatic N) is 1. The lowest BCUT2D eigenvalue weighted by Crippen LogP contribution is -2.28. The zero-order valence-electron chi connectivity index (χ0n) is 15.6. The molecule has 1 N–H and O–H groups in total. The van der Waals surface area contributed by atoms with Gasteiger partial charge < -0.3 is 19.5 Å². The molecule has 3 rings (SSSR count). The van der Waals surface area contributed by atoms with Crippen molar-refractivity contribution in [2.24, 2.45) is 0 Å². The van der Waals surface area contributed by atoms with Gasteiger partial charge in [0.1, 0.15) is 5.69 Å². The number of hydrogen-bond donors (Lipinski definition) is 1. The average molecular weight is 380 g/mol. The Morgan fingerprint density at radius 2 is 1.75 bits per heavy atom. The number of rotatable bonds is 7. The van der Waals surface area contributed by atoms with Crippen LogP contribution in [0.5, 0.6) is 11.5 Å². The number of aromatic nitrogens is 1. The van der Waals surface area contributed by atoms with Crippen molar-refractivity contribution in [3.8, 4) is 11.5 Å². The number of carbonyl (C=O) groups is 2. The normalized spacial score (nSPS) is 10.4. The van der Waals surface area contributed by atoms with Gasteiger partial charge in [-0.2, -0.15) is 0 Å². The van der Waals surface area contributed by atoms with E-state index in [1.807, 2.05) is 30.3 Å². The van der Waals surface area contributed by atoms with Crippen LogP contribution in [0.1, 0.15) is 16.1 Å². The number of amides is 1. The number of benzene rings is 2. The van der Waals surface area contributed by atoms with E-state index in [9.17, 15) is 9.59 Å². The molecule has 1 heterocycles. The number of para-hydroxylation sites is 1. The maximum absolute atomic E-state index is 12.1. The van der Waals surface area contributed by atoms with Crippen molar-refractivity contribution in [1.82, 2.24) is 10.3 Å². The predicted octanol–water partition coefficient (Wildman–Crippen LogP) is 2.73. The second-order valence-electron chi connectivity index (χ2n) is 5.93. The first-order chi connectivity index (χ1) is 13.6. The molecule has 7 heteroatoms. The van der Waals surface area contributed by atoms with E-state index in [-0.39, 0.29) is 18.8 Å². The smallest absolute Gasteiger partial charge is 0.357 e. The minimum atomic E-state index is -0.646. The van der Waals surface area contributed by atoms with Crippen molar-refractivity contribution in [3.05, 3.63) is 65.9 Å². The fraction of sp³-hybridized carbons (Fsp3) is 0.190. The molecule has 0 atom stereocenters. The summed E-state index contributed by atoms with van der Waals surface area (Å²) in [6, 6.07) is 16.1. The lowest BCUT2D eigenvalue weighted by atomic mass is 10.2. The number of ether oxygens (including phenoxy) is 3. The van der Waals surface area contributed by atoms with Crippen LogP contribution in [0.25, 0.3) is 10.9 Å². The van der Waals surface area contributed by atoms with E-state index in [4.69, 9.17) is 14.2 Å². The lowest BCUT2D eigenvalue weighted by molar-refractivity contribution is -0.124. The lowest BCUT2D eigenvalue weighted by Gasteiger charge is -2.10. The van der Waals surface area contributed by atoms with E-state index < -0.39 is 11.9 Å². The van der Waals surface area contributed by atoms with Crippen LogP contribution in [-0.2, 0) is 16.1 Å². The number of carbonyl (C=O) groups excluding carboxylic acids is 2. The van der Waals surface area contributed by atoms with E-state index in [0.717, 1.165) is 10.9 Å². The third kappa shape index (κ3) is 4.56. The number of esters is 1. The van der Waals surface area contributed by atoms with E-state index in [2.05, 4.69) is 10.3 Å². The van der Waals surface area contributed by atoms with Crippen LogP contribution in [0.3, 0.4) is 0 Å². The van der Waals surface area contributed by atoms with Crippen LogP contribution in [-0.4, -0.2) is 37.7 Å². The Kier molecular flexibility index (Phi) is 6.06. The van der Waals surface area contributed by atoms with Crippen molar-refractivity contribution in [1.29, 1.82) is 0 Å². The summed E-state index contributed by atoms with van der Waals surface area (Å²) in [6.45, 7) is -0.119. The first kappa shape index (κ1) is 19.2. The molecule has 0 aliphatic heterocycles. The van der Waals surface area contributed by atoms with Crippen LogP contribution in [0.4, 0.5) is 0 Å². The molecule has 28 heavy (non-hydrogen) atoms. The predicted molar refractivity (Wildman–Crippen MR) is 103 cm³/mol. The van der Waals surface area contributed by atoms with E-state index in [0.29, 0.717) is 17.0 Å². The molecular formula is C21H20N2O5. The van der Waals surface area contributed by atoms with Gasteiger partial charge >= 0.3 is 5.97 Å². The molecule has 0 aliphatic rings. The highest BCUT2D eigenvalue weighted by atomic mass is 16.5. The topological polar surface area (TPSA) is 86.8 Å². The van der Waals surface area contributed by atoms with E-state index >= 15 is 0 Å². The highest BCUT2D eigenvalue weighted by Gasteiger charge is 2.12. The number of hydrogen-bond acceptors (Lipinski definition) is 6. The molecule has 0 saturated heterocycles. The van der Waals surface area contributed by atoms with Gasteiger partial charge in [-0.15, -0.1) is 0 Å². The molecule has 0 fully saturated rings. The van der Waals surface area contributed by atoms with Crippen molar-refractivity contribution in [3.63, 3.8) is 0 Å². The molecular weight excluding hydrogens is 360 g/mol. The van der Waals surface area contributed by atoms with Gasteiger partial charge in [-0.3, -0.25) is 4.79 Å². The maximum Gasteiger partial charge on any atom is 0.357 e. The first-order valence-corrected chi connectivity index (χ1v) is 8.61. The van der Waals surface area contributed by atoms with E-state index in [1.54, 1.807) is 38.5 Å². The molecule has 3 aromatic rings. The average Bonchev–Trinajstić information content (AvgIpc) is 2.75. The Balaban J connectivity index is 1.52. The summed E-state index contributed by atoms with van der Waals surface area (Å²) < 4.78 is 15.5. The Morgan fingerprint density at radius 3 is 2.54 bits per heavy atom. The summed E-state index contributed by atoms with van der Waals surface area (Å²) in [5, 5.41) is 3.61. The van der Waals surface area contributed by atoms with Crippen molar-refractivity contribution < 1.29 is 23.8 Å². The Morgan fingerprint density at radius 1 is 0.964 bits per heavy atom. The second kappa shape index (κ2) is 8.85. The third-order valence-corrected chi connectivity index (χ3v) is 4.08. The summed E-state index contributed by atoms with van der Waals surface area (Å²) in [7, 11) is 3.10. The fourth-order valence-electron chi connectivity index (χ4n) is 2.63. The maximum atomic E-state index is 12.1. The Labute approximate surface area is 162 Å². The van der Waals surface area contributed by atoms with Crippen LogP contribution in [0.2, 0.25) is 0 Å². The van der Waals surface area contributed by atoms with Crippen LogP contribution in [0, 0.1) is 0 Å². The van der Waals surface area contributed by atoms with E-state index in [1.165, 1.54) is 0 Å². The van der Waals surface area contributed by atoms with Gasteiger partial charge in [0.15, 0.2) is 18.1 Å². The highest BCUT2D eigenvalue weighted by Crippen LogP contribution is 2.27.